The quantitative estimate of drug-likeness (QED) is 0.623. The predicted octanol–water partition coefficient (Wildman–Crippen LogP) is 0.833. The van der Waals surface area contributed by atoms with E-state index in [4.69, 9.17) is 11.5 Å². The van der Waals surface area contributed by atoms with Gasteiger partial charge in [0, 0.05) is 5.69 Å². The Balaban J connectivity index is 2.34. The Morgan fingerprint density at radius 1 is 1.17 bits per heavy atom. The summed E-state index contributed by atoms with van der Waals surface area (Å²) < 4.78 is 0. The first kappa shape index (κ1) is 16.2. The molecule has 2 aromatic rings. The fourth-order valence-corrected chi connectivity index (χ4v) is 2.09. The number of aromatic nitrogens is 2. The molecule has 8 nitrogen and oxygen atoms in total. The molecule has 0 aromatic carbocycles. The third-order valence-electron chi connectivity index (χ3n) is 2.95. The van der Waals surface area contributed by atoms with Crippen LogP contribution in [0.25, 0.3) is 0 Å². The van der Waals surface area contributed by atoms with Gasteiger partial charge in [0.05, 0.1) is 24.1 Å². The van der Waals surface area contributed by atoms with Crippen LogP contribution in [-0.4, -0.2) is 28.3 Å². The fraction of sp³-hybridized carbons (Fsp3) is 0.200. The van der Waals surface area contributed by atoms with Crippen molar-refractivity contribution in [2.45, 2.75) is 13.8 Å². The van der Waals surface area contributed by atoms with Crippen molar-refractivity contribution in [3.8, 4) is 0 Å². The molecule has 2 rings (SSSR count). The predicted molar refractivity (Wildman–Crippen MR) is 87.4 cm³/mol. The van der Waals surface area contributed by atoms with E-state index in [2.05, 4.69) is 20.6 Å². The Labute approximate surface area is 133 Å². The lowest BCUT2D eigenvalue weighted by molar-refractivity contribution is -0.116. The molecule has 8 heteroatoms. The molecule has 23 heavy (non-hydrogen) atoms. The van der Waals surface area contributed by atoms with Gasteiger partial charge in [0.2, 0.25) is 5.91 Å². The van der Waals surface area contributed by atoms with E-state index < -0.39 is 11.8 Å². The molecule has 0 unspecified atom stereocenters. The minimum atomic E-state index is -0.668. The largest absolute Gasteiger partial charge is 0.375 e. The number of nitrogens with zero attached hydrogens (tertiary/aromatic N) is 2. The van der Waals surface area contributed by atoms with Gasteiger partial charge in [-0.05, 0) is 37.6 Å². The highest BCUT2D eigenvalue weighted by atomic mass is 16.1. The first-order chi connectivity index (χ1) is 10.8. The zero-order chi connectivity index (χ0) is 17.0. The molecular formula is C15H18N6O2. The number of hydrogen-bond donors (Lipinski definition) is 4. The van der Waals surface area contributed by atoms with Gasteiger partial charge in [-0.2, -0.15) is 0 Å². The van der Waals surface area contributed by atoms with Crippen LogP contribution in [0.1, 0.15) is 21.7 Å². The summed E-state index contributed by atoms with van der Waals surface area (Å²) in [5.41, 5.74) is 13.3. The molecule has 0 aliphatic carbocycles. The van der Waals surface area contributed by atoms with E-state index in [-0.39, 0.29) is 12.2 Å². The van der Waals surface area contributed by atoms with E-state index in [1.54, 1.807) is 6.07 Å². The number of pyridine rings is 2. The number of carbonyl (C=O) groups is 2. The average Bonchev–Trinajstić information content (AvgIpc) is 2.43. The van der Waals surface area contributed by atoms with E-state index in [0.717, 1.165) is 11.3 Å². The van der Waals surface area contributed by atoms with Crippen LogP contribution in [0.4, 0.5) is 17.2 Å². The number of rotatable bonds is 6. The third kappa shape index (κ3) is 4.40. The molecule has 0 saturated heterocycles. The number of aryl methyl sites for hydroxylation is 2. The summed E-state index contributed by atoms with van der Waals surface area (Å²) in [6.07, 6.45) is 1.41. The lowest BCUT2D eigenvalue weighted by Gasteiger charge is -2.12. The Bertz CT molecular complexity index is 739. The SMILES string of the molecule is Cc1cc(C)nc(Nc2cc(NCC(N)=O)cnc2C(N)=O)c1. The molecule has 6 N–H and O–H groups in total. The summed E-state index contributed by atoms with van der Waals surface area (Å²) in [5.74, 6) is -0.605. The lowest BCUT2D eigenvalue weighted by Crippen LogP contribution is -2.22. The van der Waals surface area contributed by atoms with Gasteiger partial charge in [0.15, 0.2) is 5.69 Å². The first-order valence-electron chi connectivity index (χ1n) is 6.89. The highest BCUT2D eigenvalue weighted by Crippen LogP contribution is 2.22. The molecule has 0 aliphatic heterocycles. The number of amides is 2. The summed E-state index contributed by atoms with van der Waals surface area (Å²) in [7, 11) is 0. The van der Waals surface area contributed by atoms with Gasteiger partial charge in [-0.25, -0.2) is 9.97 Å². The Kier molecular flexibility index (Phi) is 4.75. The topological polar surface area (TPSA) is 136 Å². The Morgan fingerprint density at radius 3 is 2.52 bits per heavy atom. The van der Waals surface area contributed by atoms with Crippen LogP contribution in [0.3, 0.4) is 0 Å². The molecule has 2 amide bonds. The van der Waals surface area contributed by atoms with E-state index in [1.165, 1.54) is 6.20 Å². The van der Waals surface area contributed by atoms with Gasteiger partial charge in [0.25, 0.3) is 5.91 Å². The summed E-state index contributed by atoms with van der Waals surface area (Å²) in [5, 5.41) is 5.84. The maximum atomic E-state index is 11.5. The van der Waals surface area contributed by atoms with Crippen LogP contribution in [0.15, 0.2) is 24.4 Å². The van der Waals surface area contributed by atoms with Crippen molar-refractivity contribution in [3.05, 3.63) is 41.3 Å². The van der Waals surface area contributed by atoms with Gasteiger partial charge in [-0.1, -0.05) is 0 Å². The second-order valence-electron chi connectivity index (χ2n) is 5.10. The summed E-state index contributed by atoms with van der Waals surface area (Å²) in [6.45, 7) is 3.77. The van der Waals surface area contributed by atoms with Gasteiger partial charge in [0.1, 0.15) is 5.82 Å². The summed E-state index contributed by atoms with van der Waals surface area (Å²) >= 11 is 0. The number of nitrogens with one attached hydrogen (secondary N) is 2. The molecule has 120 valence electrons. The van der Waals surface area contributed by atoms with Gasteiger partial charge in [-0.3, -0.25) is 9.59 Å². The molecule has 0 bridgehead atoms. The monoisotopic (exact) mass is 314 g/mol. The normalized spacial score (nSPS) is 10.2. The molecule has 0 aliphatic rings. The zero-order valence-corrected chi connectivity index (χ0v) is 12.9. The molecular weight excluding hydrogens is 296 g/mol. The van der Waals surface area contributed by atoms with Crippen LogP contribution >= 0.6 is 0 Å². The van der Waals surface area contributed by atoms with Crippen LogP contribution in [-0.2, 0) is 4.79 Å². The molecule has 0 spiro atoms. The highest BCUT2D eigenvalue weighted by Gasteiger charge is 2.12. The number of nitrogens with two attached hydrogens (primary N) is 2. The van der Waals surface area contributed by atoms with Crippen molar-refractivity contribution >= 4 is 29.0 Å². The molecule has 0 radical (unpaired) electrons. The molecule has 2 heterocycles. The summed E-state index contributed by atoms with van der Waals surface area (Å²) in [6, 6.07) is 5.39. The molecule has 0 fully saturated rings. The van der Waals surface area contributed by atoms with Crippen molar-refractivity contribution < 1.29 is 9.59 Å². The molecule has 0 atom stereocenters. The standard InChI is InChI=1S/C15H18N6O2/c1-8-3-9(2)20-13(4-8)21-11-5-10(18-7-12(16)22)6-19-14(11)15(17)23/h3-6,18H,7H2,1-2H3,(H2,16,22)(H2,17,23)(H,20,21). The van der Waals surface area contributed by atoms with Gasteiger partial charge < -0.3 is 22.1 Å². The van der Waals surface area contributed by atoms with Crippen molar-refractivity contribution in [2.24, 2.45) is 11.5 Å². The van der Waals surface area contributed by atoms with Crippen LogP contribution in [0.5, 0.6) is 0 Å². The number of hydrogen-bond acceptors (Lipinski definition) is 6. The second kappa shape index (κ2) is 6.73. The van der Waals surface area contributed by atoms with Crippen molar-refractivity contribution in [1.82, 2.24) is 9.97 Å². The summed E-state index contributed by atoms with van der Waals surface area (Å²) in [4.78, 5) is 30.7. The van der Waals surface area contributed by atoms with Crippen LogP contribution in [0.2, 0.25) is 0 Å². The minimum Gasteiger partial charge on any atom is -0.375 e. The van der Waals surface area contributed by atoms with E-state index >= 15 is 0 Å². The van der Waals surface area contributed by atoms with Crippen LogP contribution in [0, 0.1) is 13.8 Å². The number of anilines is 3. The van der Waals surface area contributed by atoms with Crippen LogP contribution < -0.4 is 22.1 Å². The second-order valence-corrected chi connectivity index (χ2v) is 5.10. The van der Waals surface area contributed by atoms with E-state index in [1.807, 2.05) is 26.0 Å². The van der Waals surface area contributed by atoms with E-state index in [9.17, 15) is 9.59 Å². The lowest BCUT2D eigenvalue weighted by atomic mass is 10.2. The smallest absolute Gasteiger partial charge is 0.269 e. The van der Waals surface area contributed by atoms with Crippen molar-refractivity contribution in [1.29, 1.82) is 0 Å². The first-order valence-corrected chi connectivity index (χ1v) is 6.89. The highest BCUT2D eigenvalue weighted by molar-refractivity contribution is 5.97. The molecule has 0 saturated carbocycles. The number of carbonyl (C=O) groups excluding carboxylic acids is 2. The third-order valence-corrected chi connectivity index (χ3v) is 2.95. The number of primary amides is 2. The van der Waals surface area contributed by atoms with Crippen molar-refractivity contribution in [3.63, 3.8) is 0 Å². The van der Waals surface area contributed by atoms with Gasteiger partial charge >= 0.3 is 0 Å². The van der Waals surface area contributed by atoms with Gasteiger partial charge in [-0.15, -0.1) is 0 Å². The Morgan fingerprint density at radius 2 is 1.91 bits per heavy atom. The fourth-order valence-electron chi connectivity index (χ4n) is 2.09. The minimum absolute atomic E-state index is 0.0428. The zero-order valence-electron chi connectivity index (χ0n) is 12.9. The maximum Gasteiger partial charge on any atom is 0.269 e. The Hall–Kier alpha value is -3.16. The van der Waals surface area contributed by atoms with E-state index in [0.29, 0.717) is 17.2 Å². The maximum absolute atomic E-state index is 11.5. The molecule has 2 aromatic heterocycles. The average molecular weight is 314 g/mol. The van der Waals surface area contributed by atoms with Crippen molar-refractivity contribution in [2.75, 3.05) is 17.2 Å².